The maximum atomic E-state index is 13.7. The third-order valence-electron chi connectivity index (χ3n) is 7.15. The quantitative estimate of drug-likeness (QED) is 0.501. The molecule has 0 aliphatic carbocycles. The Bertz CT molecular complexity index is 1400. The van der Waals surface area contributed by atoms with Gasteiger partial charge in [-0.2, -0.15) is 0 Å². The molecule has 1 N–H and O–H groups in total. The normalized spacial score (nSPS) is 23.1. The van der Waals surface area contributed by atoms with Gasteiger partial charge >= 0.3 is 4.87 Å². The highest BCUT2D eigenvalue weighted by atomic mass is 32.2. The van der Waals surface area contributed by atoms with Gasteiger partial charge in [-0.15, -0.1) is 0 Å². The number of ether oxygens (including phenoxy) is 1. The van der Waals surface area contributed by atoms with E-state index < -0.39 is 17.1 Å². The van der Waals surface area contributed by atoms with Crippen molar-refractivity contribution in [3.63, 3.8) is 0 Å². The number of aromatic amines is 1. The van der Waals surface area contributed by atoms with Gasteiger partial charge in [0.1, 0.15) is 11.0 Å². The molecule has 0 spiro atoms. The maximum absolute atomic E-state index is 13.7. The van der Waals surface area contributed by atoms with Crippen molar-refractivity contribution in [2.45, 2.75) is 35.5 Å². The summed E-state index contributed by atoms with van der Waals surface area (Å²) < 4.78 is 5.76. The van der Waals surface area contributed by atoms with E-state index in [-0.39, 0.29) is 29.2 Å². The number of thioether (sulfide) groups is 1. The van der Waals surface area contributed by atoms with Crippen molar-refractivity contribution >= 4 is 46.5 Å². The number of hydrogen-bond acceptors (Lipinski definition) is 7. The number of anilines is 1. The molecule has 2 aromatic carbocycles. The topological polar surface area (TPSA) is 99.8 Å². The molecule has 3 amide bonds. The first-order valence-corrected chi connectivity index (χ1v) is 14.0. The van der Waals surface area contributed by atoms with Gasteiger partial charge in [-0.3, -0.25) is 19.2 Å². The lowest BCUT2D eigenvalue weighted by Gasteiger charge is -2.30. The van der Waals surface area contributed by atoms with E-state index in [9.17, 15) is 19.2 Å². The van der Waals surface area contributed by atoms with Crippen LogP contribution >= 0.6 is 23.1 Å². The Morgan fingerprint density at radius 2 is 1.68 bits per heavy atom. The summed E-state index contributed by atoms with van der Waals surface area (Å²) in [5.41, 5.74) is 1.36. The monoisotopic (exact) mass is 535 g/mol. The molecule has 3 atom stereocenters. The van der Waals surface area contributed by atoms with Crippen LogP contribution in [0.15, 0.2) is 64.4 Å². The summed E-state index contributed by atoms with van der Waals surface area (Å²) in [6.45, 7) is 1.53. The minimum Gasteiger partial charge on any atom is -0.484 e. The van der Waals surface area contributed by atoms with Gasteiger partial charge in [0, 0.05) is 23.9 Å². The summed E-state index contributed by atoms with van der Waals surface area (Å²) in [6.07, 6.45) is 3.21. The minimum atomic E-state index is -0.635. The fourth-order valence-corrected chi connectivity index (χ4v) is 7.87. The second-order valence-corrected chi connectivity index (χ2v) is 11.6. The molecular formula is C27H25N3O5S2. The maximum Gasteiger partial charge on any atom is 0.305 e. The first-order valence-electron chi connectivity index (χ1n) is 12.3. The van der Waals surface area contributed by atoms with Gasteiger partial charge in [-0.25, -0.2) is 4.90 Å². The van der Waals surface area contributed by atoms with Gasteiger partial charge in [-0.1, -0.05) is 53.4 Å². The van der Waals surface area contributed by atoms with E-state index in [4.69, 9.17) is 4.74 Å². The number of thiazole rings is 1. The number of nitrogens with zero attached hydrogens (tertiary/aromatic N) is 2. The van der Waals surface area contributed by atoms with Crippen LogP contribution in [0, 0.1) is 5.92 Å². The lowest BCUT2D eigenvalue weighted by atomic mass is 9.83. The van der Waals surface area contributed by atoms with Crippen LogP contribution in [-0.2, 0) is 14.4 Å². The average Bonchev–Trinajstić information content (AvgIpc) is 3.42. The van der Waals surface area contributed by atoms with E-state index in [1.54, 1.807) is 36.4 Å². The lowest BCUT2D eigenvalue weighted by Crippen LogP contribution is -2.38. The van der Waals surface area contributed by atoms with Crippen molar-refractivity contribution in [1.29, 1.82) is 0 Å². The van der Waals surface area contributed by atoms with Crippen LogP contribution in [0.4, 0.5) is 5.69 Å². The molecule has 0 radical (unpaired) electrons. The first kappa shape index (κ1) is 24.0. The zero-order valence-electron chi connectivity index (χ0n) is 19.9. The molecule has 4 heterocycles. The number of carbonyl (C=O) groups is 3. The van der Waals surface area contributed by atoms with E-state index in [1.165, 1.54) is 16.7 Å². The highest BCUT2D eigenvalue weighted by Crippen LogP contribution is 2.53. The zero-order valence-corrected chi connectivity index (χ0v) is 21.6. The SMILES string of the molecule is O=C(COc1ccc([C@H]2c3sc(=O)[nH]c3SC3C(=O)N(c4ccccc4)C(=O)C32)cc1)N1CCCCC1. The van der Waals surface area contributed by atoms with Crippen LogP contribution in [0.5, 0.6) is 5.75 Å². The number of imide groups is 1. The summed E-state index contributed by atoms with van der Waals surface area (Å²) in [6, 6.07) is 16.2. The van der Waals surface area contributed by atoms with E-state index in [1.807, 2.05) is 23.1 Å². The average molecular weight is 536 g/mol. The van der Waals surface area contributed by atoms with Crippen molar-refractivity contribution < 1.29 is 19.1 Å². The number of fused-ring (bicyclic) bond motifs is 2. The second-order valence-electron chi connectivity index (χ2n) is 9.40. The van der Waals surface area contributed by atoms with Crippen molar-refractivity contribution in [1.82, 2.24) is 9.88 Å². The van der Waals surface area contributed by atoms with Crippen LogP contribution in [0.2, 0.25) is 0 Å². The molecule has 0 bridgehead atoms. The lowest BCUT2D eigenvalue weighted by molar-refractivity contribution is -0.134. The largest absolute Gasteiger partial charge is 0.484 e. The van der Waals surface area contributed by atoms with E-state index in [0.29, 0.717) is 16.5 Å². The molecule has 2 fully saturated rings. The Hall–Kier alpha value is -3.37. The number of aromatic nitrogens is 1. The Balaban J connectivity index is 1.27. The fourth-order valence-electron chi connectivity index (χ4n) is 5.36. The molecule has 0 saturated carbocycles. The van der Waals surface area contributed by atoms with Crippen molar-refractivity contribution in [3.8, 4) is 5.75 Å². The van der Waals surface area contributed by atoms with Gasteiger partial charge in [0.2, 0.25) is 11.8 Å². The number of para-hydroxylation sites is 1. The molecule has 1 aromatic heterocycles. The highest BCUT2D eigenvalue weighted by Gasteiger charge is 2.56. The van der Waals surface area contributed by atoms with Crippen LogP contribution in [0.25, 0.3) is 0 Å². The van der Waals surface area contributed by atoms with Gasteiger partial charge in [-0.05, 0) is 49.1 Å². The van der Waals surface area contributed by atoms with Crippen LogP contribution in [-0.4, -0.2) is 52.6 Å². The van der Waals surface area contributed by atoms with Crippen LogP contribution in [0.3, 0.4) is 0 Å². The summed E-state index contributed by atoms with van der Waals surface area (Å²) >= 11 is 2.34. The number of hydrogen-bond donors (Lipinski definition) is 1. The van der Waals surface area contributed by atoms with Crippen LogP contribution in [0.1, 0.15) is 35.6 Å². The number of likely N-dealkylation sites (tertiary alicyclic amines) is 1. The van der Waals surface area contributed by atoms with Crippen LogP contribution < -0.4 is 14.5 Å². The van der Waals surface area contributed by atoms with E-state index in [2.05, 4.69) is 4.98 Å². The molecule has 3 aliphatic rings. The molecule has 3 aromatic rings. The molecule has 37 heavy (non-hydrogen) atoms. The number of amides is 3. The Morgan fingerprint density at radius 3 is 2.41 bits per heavy atom. The van der Waals surface area contributed by atoms with E-state index in [0.717, 1.165) is 54.1 Å². The highest BCUT2D eigenvalue weighted by molar-refractivity contribution is 8.00. The number of nitrogens with one attached hydrogen (secondary N) is 1. The molecule has 6 rings (SSSR count). The third kappa shape index (κ3) is 4.38. The molecule has 190 valence electrons. The molecule has 2 saturated heterocycles. The molecule has 3 aliphatic heterocycles. The Kier molecular flexibility index (Phi) is 6.37. The van der Waals surface area contributed by atoms with E-state index >= 15 is 0 Å². The van der Waals surface area contributed by atoms with Crippen molar-refractivity contribution in [3.05, 3.63) is 74.7 Å². The standard InChI is InChI=1S/C27H25N3O5S2/c31-19(29-13-5-2-6-14-29)15-35-18-11-9-16(10-12-18)20-21-23(36-24-22(20)37-27(34)28-24)26(33)30(25(21)32)17-7-3-1-4-8-17/h1,3-4,7-12,20-21,23H,2,5-6,13-15H2,(H,28,34)/t20-,21?,23?/m1/s1. The number of rotatable bonds is 5. The summed E-state index contributed by atoms with van der Waals surface area (Å²) in [7, 11) is 0. The summed E-state index contributed by atoms with van der Waals surface area (Å²) in [5.74, 6) is -1.09. The fraction of sp³-hybridized carbons (Fsp3) is 0.333. The molecule has 2 unspecified atom stereocenters. The Labute approximate surface area is 221 Å². The smallest absolute Gasteiger partial charge is 0.305 e. The molecule has 10 heteroatoms. The van der Waals surface area contributed by atoms with Gasteiger partial charge < -0.3 is 14.6 Å². The number of piperidine rings is 1. The van der Waals surface area contributed by atoms with Gasteiger partial charge in [0.05, 0.1) is 16.6 Å². The molecule has 8 nitrogen and oxygen atoms in total. The van der Waals surface area contributed by atoms with Gasteiger partial charge in [0.25, 0.3) is 5.91 Å². The predicted molar refractivity (Wildman–Crippen MR) is 141 cm³/mol. The van der Waals surface area contributed by atoms with Crippen molar-refractivity contribution in [2.24, 2.45) is 5.92 Å². The van der Waals surface area contributed by atoms with Crippen molar-refractivity contribution in [2.75, 3.05) is 24.6 Å². The first-order chi connectivity index (χ1) is 18.0. The second kappa shape index (κ2) is 9.83. The predicted octanol–water partition coefficient (Wildman–Crippen LogP) is 3.62. The van der Waals surface area contributed by atoms with Gasteiger partial charge in [0.15, 0.2) is 6.61 Å². The molecular weight excluding hydrogens is 510 g/mol. The number of benzene rings is 2. The minimum absolute atomic E-state index is 0.0197. The third-order valence-corrected chi connectivity index (χ3v) is 9.55. The number of H-pyrrole nitrogens is 1. The zero-order chi connectivity index (χ0) is 25.5. The summed E-state index contributed by atoms with van der Waals surface area (Å²) in [4.78, 5) is 58.3. The Morgan fingerprint density at radius 1 is 0.946 bits per heavy atom. The summed E-state index contributed by atoms with van der Waals surface area (Å²) in [5, 5.41) is 0.0123. The number of carbonyl (C=O) groups excluding carboxylic acids is 3.